The van der Waals surface area contributed by atoms with Crippen LogP contribution in [0.1, 0.15) is 48.8 Å². The van der Waals surface area contributed by atoms with Crippen molar-refractivity contribution in [3.8, 4) is 0 Å². The Morgan fingerprint density at radius 3 is 2.65 bits per heavy atom. The van der Waals surface area contributed by atoms with Crippen molar-refractivity contribution in [2.75, 3.05) is 0 Å². The molecule has 0 spiro atoms. The number of nitrogens with one attached hydrogen (secondary N) is 4. The molecule has 3 atom stereocenters. The minimum Gasteiger partial charge on any atom is -0.335 e. The van der Waals surface area contributed by atoms with Crippen LogP contribution in [-0.2, 0) is 16.9 Å². The molecule has 0 aromatic heterocycles. The third kappa shape index (κ3) is 4.66. The van der Waals surface area contributed by atoms with E-state index < -0.39 is 17.5 Å². The van der Waals surface area contributed by atoms with E-state index in [2.05, 4.69) is 33.4 Å². The topological polar surface area (TPSA) is 99.3 Å². The van der Waals surface area contributed by atoms with Gasteiger partial charge in [-0.1, -0.05) is 48.0 Å². The van der Waals surface area contributed by atoms with Crippen LogP contribution in [0.3, 0.4) is 0 Å². The highest BCUT2D eigenvalue weighted by Crippen LogP contribution is 2.34. The lowest BCUT2D eigenvalue weighted by Gasteiger charge is -2.22. The van der Waals surface area contributed by atoms with Gasteiger partial charge in [-0.2, -0.15) is 0 Å². The summed E-state index contributed by atoms with van der Waals surface area (Å²) in [5, 5.41) is 11.6. The summed E-state index contributed by atoms with van der Waals surface area (Å²) < 4.78 is 0. The number of carbonyl (C=O) groups is 3. The van der Waals surface area contributed by atoms with E-state index in [1.165, 1.54) is 5.56 Å². The van der Waals surface area contributed by atoms with E-state index in [1.807, 2.05) is 24.3 Å². The lowest BCUT2D eigenvalue weighted by atomic mass is 9.91. The second-order valence-electron chi connectivity index (χ2n) is 8.32. The van der Waals surface area contributed by atoms with E-state index in [4.69, 9.17) is 11.6 Å². The minimum absolute atomic E-state index is 0.128. The zero-order valence-corrected chi connectivity index (χ0v) is 18.0. The number of carbonyl (C=O) groups excluding carboxylic acids is 3. The van der Waals surface area contributed by atoms with Gasteiger partial charge in [-0.15, -0.1) is 0 Å². The first-order valence-corrected chi connectivity index (χ1v) is 10.7. The smallest absolute Gasteiger partial charge is 0.322 e. The first kappa shape index (κ1) is 21.2. The molecule has 2 aliphatic rings. The predicted molar refractivity (Wildman–Crippen MR) is 118 cm³/mol. The Kier molecular flexibility index (Phi) is 5.87. The van der Waals surface area contributed by atoms with Crippen LogP contribution in [0.2, 0.25) is 5.02 Å². The van der Waals surface area contributed by atoms with Crippen molar-refractivity contribution in [1.29, 1.82) is 0 Å². The normalized spacial score (nSPS) is 25.1. The molecule has 4 N–H and O–H groups in total. The van der Waals surface area contributed by atoms with Crippen molar-refractivity contribution in [3.63, 3.8) is 0 Å². The highest BCUT2D eigenvalue weighted by molar-refractivity contribution is 6.30. The van der Waals surface area contributed by atoms with Gasteiger partial charge in [-0.3, -0.25) is 10.1 Å². The molecule has 2 fully saturated rings. The van der Waals surface area contributed by atoms with Crippen molar-refractivity contribution in [2.24, 2.45) is 0 Å². The van der Waals surface area contributed by atoms with Crippen LogP contribution in [0, 0.1) is 0 Å². The van der Waals surface area contributed by atoms with Gasteiger partial charge in [0, 0.05) is 17.6 Å². The molecular formula is C23H25ClN4O3. The van der Waals surface area contributed by atoms with Crippen LogP contribution >= 0.6 is 11.6 Å². The lowest BCUT2D eigenvalue weighted by Crippen LogP contribution is -2.41. The van der Waals surface area contributed by atoms with Gasteiger partial charge >= 0.3 is 12.1 Å². The number of urea groups is 2. The van der Waals surface area contributed by atoms with Crippen molar-refractivity contribution >= 4 is 29.6 Å². The lowest BCUT2D eigenvalue weighted by molar-refractivity contribution is -0.123. The first-order valence-electron chi connectivity index (χ1n) is 10.4. The molecule has 162 valence electrons. The average Bonchev–Trinajstić information content (AvgIpc) is 3.31. The molecule has 5 amide bonds. The Hall–Kier alpha value is -3.06. The molecule has 2 aromatic carbocycles. The summed E-state index contributed by atoms with van der Waals surface area (Å²) in [7, 11) is 0. The summed E-state index contributed by atoms with van der Waals surface area (Å²) in [5.41, 5.74) is 1.64. The largest absolute Gasteiger partial charge is 0.335 e. The monoisotopic (exact) mass is 440 g/mol. The number of hydrogen-bond donors (Lipinski definition) is 4. The van der Waals surface area contributed by atoms with Crippen LogP contribution in [-0.4, -0.2) is 24.0 Å². The van der Waals surface area contributed by atoms with Crippen LogP contribution in [0.5, 0.6) is 0 Å². The van der Waals surface area contributed by atoms with Gasteiger partial charge in [0.15, 0.2) is 0 Å². The van der Waals surface area contributed by atoms with Gasteiger partial charge in [0.2, 0.25) is 0 Å². The van der Waals surface area contributed by atoms with Gasteiger partial charge in [-0.05, 0) is 60.9 Å². The average molecular weight is 441 g/mol. The quantitative estimate of drug-likeness (QED) is 0.535. The summed E-state index contributed by atoms with van der Waals surface area (Å²) >= 11 is 5.97. The summed E-state index contributed by atoms with van der Waals surface area (Å²) in [4.78, 5) is 36.1. The van der Waals surface area contributed by atoms with Crippen LogP contribution in [0.4, 0.5) is 9.59 Å². The number of benzene rings is 2. The fourth-order valence-electron chi connectivity index (χ4n) is 4.31. The third-order valence-corrected chi connectivity index (χ3v) is 6.36. The molecule has 2 aromatic rings. The van der Waals surface area contributed by atoms with Crippen molar-refractivity contribution < 1.29 is 14.4 Å². The van der Waals surface area contributed by atoms with E-state index in [-0.39, 0.29) is 12.1 Å². The van der Waals surface area contributed by atoms with E-state index in [0.717, 1.165) is 29.8 Å². The van der Waals surface area contributed by atoms with Gasteiger partial charge in [0.25, 0.3) is 5.91 Å². The summed E-state index contributed by atoms with van der Waals surface area (Å²) in [6.45, 7) is 1.97. The van der Waals surface area contributed by atoms with Gasteiger partial charge < -0.3 is 16.0 Å². The van der Waals surface area contributed by atoms with Crippen LogP contribution in [0.15, 0.2) is 48.5 Å². The fourth-order valence-corrected chi connectivity index (χ4v) is 4.43. The van der Waals surface area contributed by atoms with Gasteiger partial charge in [0.05, 0.1) is 0 Å². The Balaban J connectivity index is 1.30. The number of halogens is 1. The van der Waals surface area contributed by atoms with E-state index in [1.54, 1.807) is 19.1 Å². The third-order valence-electron chi connectivity index (χ3n) is 6.11. The number of hydrogen-bond acceptors (Lipinski definition) is 3. The van der Waals surface area contributed by atoms with E-state index >= 15 is 0 Å². The van der Waals surface area contributed by atoms with Crippen LogP contribution in [0.25, 0.3) is 0 Å². The Morgan fingerprint density at radius 2 is 1.94 bits per heavy atom. The second-order valence-corrected chi connectivity index (χ2v) is 8.76. The van der Waals surface area contributed by atoms with E-state index in [0.29, 0.717) is 18.0 Å². The molecule has 31 heavy (non-hydrogen) atoms. The van der Waals surface area contributed by atoms with Crippen molar-refractivity contribution in [1.82, 2.24) is 21.3 Å². The Bertz CT molecular complexity index is 1010. The molecule has 1 aliphatic heterocycles. The first-order chi connectivity index (χ1) is 14.8. The maximum atomic E-state index is 12.4. The van der Waals surface area contributed by atoms with Gasteiger partial charge in [-0.25, -0.2) is 9.59 Å². The van der Waals surface area contributed by atoms with Gasteiger partial charge in [0.1, 0.15) is 5.54 Å². The summed E-state index contributed by atoms with van der Waals surface area (Å²) in [6, 6.07) is 14.6. The Labute approximate surface area is 185 Å². The standard InChI is InChI=1S/C23H25ClN4O3/c1-23(20(29)27-22(31)28-23)17-4-2-3-14(11-17)13-25-21(30)26-19-10-7-16(12-19)15-5-8-18(24)9-6-15/h2-6,8-9,11,16,19H,7,10,12-13H2,1H3,(H2,25,26,30)(H2,27,28,29,31). The molecule has 8 heteroatoms. The molecule has 0 radical (unpaired) electrons. The van der Waals surface area contributed by atoms with Crippen molar-refractivity contribution in [2.45, 2.75) is 50.2 Å². The summed E-state index contributed by atoms with van der Waals surface area (Å²) in [6.07, 6.45) is 2.86. The fraction of sp³-hybridized carbons (Fsp3) is 0.348. The Morgan fingerprint density at radius 1 is 1.16 bits per heavy atom. The molecule has 4 rings (SSSR count). The minimum atomic E-state index is -1.12. The number of amides is 5. The number of rotatable bonds is 5. The zero-order chi connectivity index (χ0) is 22.0. The molecule has 1 saturated carbocycles. The maximum Gasteiger partial charge on any atom is 0.322 e. The SMILES string of the molecule is CC1(c2cccc(CNC(=O)NC3CCC(c4ccc(Cl)cc4)C3)c2)NC(=O)NC1=O. The molecule has 7 nitrogen and oxygen atoms in total. The zero-order valence-electron chi connectivity index (χ0n) is 17.2. The predicted octanol–water partition coefficient (Wildman–Crippen LogP) is 3.53. The highest BCUT2D eigenvalue weighted by Gasteiger charge is 2.43. The maximum absolute atomic E-state index is 12.4. The van der Waals surface area contributed by atoms with Crippen LogP contribution < -0.4 is 21.3 Å². The molecule has 1 aliphatic carbocycles. The van der Waals surface area contributed by atoms with E-state index in [9.17, 15) is 14.4 Å². The highest BCUT2D eigenvalue weighted by atomic mass is 35.5. The second kappa shape index (κ2) is 8.59. The number of imide groups is 1. The molecule has 1 saturated heterocycles. The molecule has 0 bridgehead atoms. The van der Waals surface area contributed by atoms with Crippen molar-refractivity contribution in [3.05, 3.63) is 70.2 Å². The molecule has 3 unspecified atom stereocenters. The molecule has 1 heterocycles. The summed E-state index contributed by atoms with van der Waals surface area (Å²) in [5.74, 6) is 0.0320. The molecular weight excluding hydrogens is 416 g/mol.